The van der Waals surface area contributed by atoms with E-state index < -0.39 is 0 Å². The lowest BCUT2D eigenvalue weighted by molar-refractivity contribution is 0.820. The van der Waals surface area contributed by atoms with Crippen molar-refractivity contribution < 1.29 is 0 Å². The Hall–Kier alpha value is -2.63. The van der Waals surface area contributed by atoms with E-state index in [9.17, 15) is 4.79 Å². The van der Waals surface area contributed by atoms with Gasteiger partial charge in [0.1, 0.15) is 5.82 Å². The summed E-state index contributed by atoms with van der Waals surface area (Å²) in [5, 5.41) is 1.11. The molecule has 4 aromatic rings. The summed E-state index contributed by atoms with van der Waals surface area (Å²) in [5.74, 6) is 0.493. The van der Waals surface area contributed by atoms with E-state index in [2.05, 4.69) is 15.0 Å². The number of fused-ring (bicyclic) bond motifs is 1. The first-order valence-corrected chi connectivity index (χ1v) is 8.32. The highest BCUT2D eigenvalue weighted by Crippen LogP contribution is 2.23. The maximum Gasteiger partial charge on any atom is 0.277 e. The van der Waals surface area contributed by atoms with E-state index >= 15 is 0 Å². The highest BCUT2D eigenvalue weighted by atomic mass is 35.5. The van der Waals surface area contributed by atoms with Crippen LogP contribution in [0.4, 0.5) is 0 Å². The normalized spacial score (nSPS) is 11.1. The maximum absolute atomic E-state index is 12.6. The smallest absolute Gasteiger partial charge is 0.277 e. The summed E-state index contributed by atoms with van der Waals surface area (Å²) in [6, 6.07) is 14.7. The van der Waals surface area contributed by atoms with Crippen LogP contribution in [0.1, 0.15) is 5.56 Å². The minimum Gasteiger partial charge on any atom is -0.320 e. The Kier molecular flexibility index (Phi) is 4.03. The number of nitrogens with one attached hydrogen (secondary N) is 1. The lowest BCUT2D eigenvalue weighted by Crippen LogP contribution is -2.13. The number of benzene rings is 2. The molecular weight excluding hydrogens is 359 g/mol. The minimum atomic E-state index is -0.244. The number of hydrogen-bond donors (Lipinski definition) is 1. The molecule has 5 nitrogen and oxygen atoms in total. The summed E-state index contributed by atoms with van der Waals surface area (Å²) < 4.78 is 1.73. The molecule has 0 spiro atoms. The summed E-state index contributed by atoms with van der Waals surface area (Å²) in [6.45, 7) is 0.405. The van der Waals surface area contributed by atoms with Gasteiger partial charge in [-0.25, -0.2) is 9.97 Å². The number of hydrogen-bond acceptors (Lipinski definition) is 3. The van der Waals surface area contributed by atoms with Gasteiger partial charge in [0.25, 0.3) is 5.56 Å². The van der Waals surface area contributed by atoms with Crippen molar-refractivity contribution in [2.24, 2.45) is 0 Å². The van der Waals surface area contributed by atoms with E-state index in [1.807, 2.05) is 36.4 Å². The first kappa shape index (κ1) is 15.9. The van der Waals surface area contributed by atoms with Crippen molar-refractivity contribution >= 4 is 34.4 Å². The number of aromatic amines is 1. The van der Waals surface area contributed by atoms with Gasteiger partial charge in [0, 0.05) is 15.6 Å². The first-order chi connectivity index (χ1) is 12.1. The third-order valence-corrected chi connectivity index (χ3v) is 4.47. The van der Waals surface area contributed by atoms with Crippen molar-refractivity contribution in [3.8, 4) is 11.4 Å². The van der Waals surface area contributed by atoms with Crippen LogP contribution in [0.3, 0.4) is 0 Å². The molecule has 124 valence electrons. The molecule has 0 unspecified atom stereocenters. The molecule has 0 aliphatic carbocycles. The Morgan fingerprint density at radius 2 is 1.88 bits per heavy atom. The monoisotopic (exact) mass is 370 g/mol. The SMILES string of the molecule is O=c1[nH]c(-c2ccccc2)nc2ncn(Cc3ccc(Cl)cc3Cl)c12. The Labute approximate surface area is 152 Å². The molecule has 0 aliphatic rings. The fourth-order valence-corrected chi connectivity index (χ4v) is 3.14. The lowest BCUT2D eigenvalue weighted by atomic mass is 10.2. The van der Waals surface area contributed by atoms with Gasteiger partial charge in [0.05, 0.1) is 12.9 Å². The van der Waals surface area contributed by atoms with Crippen molar-refractivity contribution in [2.75, 3.05) is 0 Å². The van der Waals surface area contributed by atoms with Crippen LogP contribution in [0, 0.1) is 0 Å². The number of halogens is 2. The van der Waals surface area contributed by atoms with Crippen molar-refractivity contribution in [1.82, 2.24) is 19.5 Å². The van der Waals surface area contributed by atoms with Gasteiger partial charge >= 0.3 is 0 Å². The maximum atomic E-state index is 12.6. The molecule has 0 saturated carbocycles. The van der Waals surface area contributed by atoms with Crippen LogP contribution in [0.2, 0.25) is 10.0 Å². The molecule has 2 aromatic heterocycles. The minimum absolute atomic E-state index is 0.244. The number of nitrogens with zero attached hydrogens (tertiary/aromatic N) is 3. The molecule has 0 fully saturated rings. The van der Waals surface area contributed by atoms with Gasteiger partial charge in [-0.15, -0.1) is 0 Å². The number of rotatable bonds is 3. The van der Waals surface area contributed by atoms with Gasteiger partial charge in [-0.3, -0.25) is 4.79 Å². The summed E-state index contributed by atoms with van der Waals surface area (Å²) in [5.41, 5.74) is 2.23. The Morgan fingerprint density at radius 1 is 1.08 bits per heavy atom. The third kappa shape index (κ3) is 3.04. The average molecular weight is 371 g/mol. The molecule has 0 aliphatic heterocycles. The summed E-state index contributed by atoms with van der Waals surface area (Å²) in [4.78, 5) is 24.1. The quantitative estimate of drug-likeness (QED) is 0.589. The molecule has 0 radical (unpaired) electrons. The number of H-pyrrole nitrogens is 1. The second-order valence-corrected chi connectivity index (χ2v) is 6.40. The van der Waals surface area contributed by atoms with Gasteiger partial charge in [-0.2, -0.15) is 0 Å². The molecule has 2 aromatic carbocycles. The van der Waals surface area contributed by atoms with Crippen molar-refractivity contribution in [2.45, 2.75) is 6.54 Å². The van der Waals surface area contributed by atoms with Crippen LogP contribution in [0.5, 0.6) is 0 Å². The zero-order chi connectivity index (χ0) is 17.4. The van der Waals surface area contributed by atoms with Crippen LogP contribution < -0.4 is 5.56 Å². The summed E-state index contributed by atoms with van der Waals surface area (Å²) in [6.07, 6.45) is 1.59. The van der Waals surface area contributed by atoms with Crippen molar-refractivity contribution in [3.63, 3.8) is 0 Å². The molecule has 0 atom stereocenters. The fourth-order valence-electron chi connectivity index (χ4n) is 2.67. The van der Waals surface area contributed by atoms with E-state index in [1.54, 1.807) is 23.0 Å². The number of imidazole rings is 1. The van der Waals surface area contributed by atoms with Crippen molar-refractivity contribution in [3.05, 3.63) is 80.8 Å². The predicted octanol–water partition coefficient (Wildman–Crippen LogP) is 4.14. The zero-order valence-corrected chi connectivity index (χ0v) is 14.4. The Bertz CT molecular complexity index is 1120. The molecule has 0 bridgehead atoms. The second kappa shape index (κ2) is 6.35. The average Bonchev–Trinajstić information content (AvgIpc) is 3.01. The molecular formula is C18H12Cl2N4O. The van der Waals surface area contributed by atoms with Crippen LogP contribution in [0.25, 0.3) is 22.6 Å². The van der Waals surface area contributed by atoms with E-state index in [0.717, 1.165) is 11.1 Å². The van der Waals surface area contributed by atoms with E-state index in [4.69, 9.17) is 23.2 Å². The van der Waals surface area contributed by atoms with Gasteiger partial charge in [0.15, 0.2) is 11.2 Å². The van der Waals surface area contributed by atoms with E-state index in [1.165, 1.54) is 0 Å². The zero-order valence-electron chi connectivity index (χ0n) is 12.9. The van der Waals surface area contributed by atoms with Crippen LogP contribution in [0.15, 0.2) is 59.7 Å². The molecule has 1 N–H and O–H groups in total. The van der Waals surface area contributed by atoms with E-state index in [0.29, 0.717) is 33.6 Å². The Balaban J connectivity index is 1.78. The lowest BCUT2D eigenvalue weighted by Gasteiger charge is -2.07. The van der Waals surface area contributed by atoms with Crippen LogP contribution in [-0.2, 0) is 6.54 Å². The van der Waals surface area contributed by atoms with Gasteiger partial charge in [-0.05, 0) is 17.7 Å². The van der Waals surface area contributed by atoms with E-state index in [-0.39, 0.29) is 5.56 Å². The Morgan fingerprint density at radius 3 is 2.64 bits per heavy atom. The molecule has 0 amide bonds. The van der Waals surface area contributed by atoms with Crippen molar-refractivity contribution in [1.29, 1.82) is 0 Å². The molecule has 7 heteroatoms. The molecule has 2 heterocycles. The van der Waals surface area contributed by atoms with Gasteiger partial charge in [0.2, 0.25) is 0 Å². The summed E-state index contributed by atoms with van der Waals surface area (Å²) in [7, 11) is 0. The summed E-state index contributed by atoms with van der Waals surface area (Å²) >= 11 is 12.1. The topological polar surface area (TPSA) is 63.6 Å². The standard InChI is InChI=1S/C18H12Cl2N4O/c19-13-7-6-12(14(20)8-13)9-24-10-21-17-15(24)18(25)23-16(22-17)11-4-2-1-3-5-11/h1-8,10H,9H2,(H,22,23,25). The first-order valence-electron chi connectivity index (χ1n) is 7.56. The highest BCUT2D eigenvalue weighted by Gasteiger charge is 2.13. The second-order valence-electron chi connectivity index (χ2n) is 5.56. The van der Waals surface area contributed by atoms with Crippen LogP contribution in [-0.4, -0.2) is 19.5 Å². The third-order valence-electron chi connectivity index (χ3n) is 3.89. The predicted molar refractivity (Wildman–Crippen MR) is 99.1 cm³/mol. The largest absolute Gasteiger partial charge is 0.320 e. The van der Waals surface area contributed by atoms with Crippen LogP contribution >= 0.6 is 23.2 Å². The van der Waals surface area contributed by atoms with Gasteiger partial charge in [-0.1, -0.05) is 59.6 Å². The number of aromatic nitrogens is 4. The molecule has 4 rings (SSSR count). The fraction of sp³-hybridized carbons (Fsp3) is 0.0556. The highest BCUT2D eigenvalue weighted by molar-refractivity contribution is 6.35. The molecule has 0 saturated heterocycles. The van der Waals surface area contributed by atoms with Gasteiger partial charge < -0.3 is 9.55 Å². The molecule has 25 heavy (non-hydrogen) atoms.